The zero-order chi connectivity index (χ0) is 32.7. The van der Waals surface area contributed by atoms with Crippen molar-refractivity contribution in [2.24, 2.45) is 0 Å². The van der Waals surface area contributed by atoms with E-state index in [9.17, 15) is 9.59 Å². The van der Waals surface area contributed by atoms with Crippen molar-refractivity contribution < 1.29 is 9.59 Å². The summed E-state index contributed by atoms with van der Waals surface area (Å²) in [7, 11) is 0. The average molecular weight is 687 g/mol. The highest BCUT2D eigenvalue weighted by Crippen LogP contribution is 2.43. The minimum Gasteiger partial charge on any atom is -0.369 e. The van der Waals surface area contributed by atoms with Crippen molar-refractivity contribution in [3.8, 4) is 0 Å². The molecule has 3 fully saturated rings. The summed E-state index contributed by atoms with van der Waals surface area (Å²) in [5, 5.41) is 33.2. The number of hydrogen-bond donors (Lipinski definition) is 4. The van der Waals surface area contributed by atoms with Crippen LogP contribution in [0.3, 0.4) is 0 Å². The van der Waals surface area contributed by atoms with Crippen molar-refractivity contribution in [3.63, 3.8) is 0 Å². The number of benzene rings is 2. The first-order chi connectivity index (χ1) is 23.6. The minimum atomic E-state index is -0.0904. The van der Waals surface area contributed by atoms with Crippen LogP contribution in [0.4, 0.5) is 21.6 Å². The fraction of sp³-hybridized carbons (Fsp3) is 0.471. The summed E-state index contributed by atoms with van der Waals surface area (Å²) in [5.74, 6) is 0.305. The molecule has 0 spiro atoms. The monoisotopic (exact) mass is 686 g/mol. The highest BCUT2D eigenvalue weighted by molar-refractivity contribution is 7.15. The molecule has 4 N–H and O–H groups in total. The zero-order valence-electron chi connectivity index (χ0n) is 27.0. The number of piperazine rings is 2. The maximum atomic E-state index is 12.9. The van der Waals surface area contributed by atoms with Crippen molar-refractivity contribution in [2.45, 2.75) is 50.4 Å². The Bertz CT molecular complexity index is 1580. The molecule has 14 heteroatoms. The molecule has 0 bridgehead atoms. The third-order valence-electron chi connectivity index (χ3n) is 9.26. The van der Waals surface area contributed by atoms with Gasteiger partial charge in [0.25, 0.3) is 0 Å². The molecule has 0 radical (unpaired) electrons. The van der Waals surface area contributed by atoms with E-state index in [1.54, 1.807) is 0 Å². The lowest BCUT2D eigenvalue weighted by atomic mass is 9.82. The molecule has 4 heterocycles. The number of rotatable bonds is 10. The summed E-state index contributed by atoms with van der Waals surface area (Å²) in [5.41, 5.74) is 4.28. The van der Waals surface area contributed by atoms with Crippen LogP contribution in [-0.2, 0) is 22.4 Å². The predicted molar refractivity (Wildman–Crippen MR) is 191 cm³/mol. The molecule has 2 aromatic carbocycles. The van der Waals surface area contributed by atoms with Crippen LogP contribution >= 0.6 is 22.7 Å². The highest BCUT2D eigenvalue weighted by atomic mass is 32.1. The van der Waals surface area contributed by atoms with Crippen molar-refractivity contribution in [1.29, 1.82) is 0 Å². The third-order valence-corrected chi connectivity index (χ3v) is 11.3. The molecule has 252 valence electrons. The topological polar surface area (TPSA) is 140 Å². The van der Waals surface area contributed by atoms with E-state index in [-0.39, 0.29) is 23.7 Å². The fourth-order valence-electron chi connectivity index (χ4n) is 6.81. The largest absolute Gasteiger partial charge is 0.369 e. The second-order valence-corrected chi connectivity index (χ2v) is 14.7. The van der Waals surface area contributed by atoms with E-state index in [0.717, 1.165) is 111 Å². The molecule has 4 aromatic rings. The first-order valence-electron chi connectivity index (χ1n) is 16.9. The number of aromatic nitrogens is 4. The Morgan fingerprint density at radius 2 is 1.15 bits per heavy atom. The molecule has 48 heavy (non-hydrogen) atoms. The van der Waals surface area contributed by atoms with E-state index in [1.807, 2.05) is 24.3 Å². The van der Waals surface area contributed by atoms with Crippen LogP contribution in [0.2, 0.25) is 0 Å². The lowest BCUT2D eigenvalue weighted by Crippen LogP contribution is -2.43. The summed E-state index contributed by atoms with van der Waals surface area (Å²) < 4.78 is 0. The molecule has 7 rings (SSSR count). The van der Waals surface area contributed by atoms with E-state index in [0.29, 0.717) is 23.1 Å². The second kappa shape index (κ2) is 15.5. The van der Waals surface area contributed by atoms with E-state index < -0.39 is 0 Å². The normalized spacial score (nSPS) is 20.0. The maximum absolute atomic E-state index is 12.9. The smallest absolute Gasteiger partial charge is 0.230 e. The van der Waals surface area contributed by atoms with Gasteiger partial charge < -0.3 is 31.1 Å². The Labute approximate surface area is 288 Å². The second-order valence-electron chi connectivity index (χ2n) is 12.7. The van der Waals surface area contributed by atoms with Gasteiger partial charge in [-0.2, -0.15) is 0 Å². The van der Waals surface area contributed by atoms with Crippen LogP contribution in [-0.4, -0.2) is 84.6 Å². The molecule has 3 aliphatic rings. The van der Waals surface area contributed by atoms with Gasteiger partial charge in [-0.1, -0.05) is 53.4 Å². The summed E-state index contributed by atoms with van der Waals surface area (Å²) >= 11 is 2.92. The number of anilines is 4. The van der Waals surface area contributed by atoms with Crippen molar-refractivity contribution in [2.75, 3.05) is 72.8 Å². The van der Waals surface area contributed by atoms with Gasteiger partial charge in [0.2, 0.25) is 22.1 Å². The Hall–Kier alpha value is -3.98. The highest BCUT2D eigenvalue weighted by Gasteiger charge is 2.29. The van der Waals surface area contributed by atoms with E-state index in [1.165, 1.54) is 22.7 Å². The van der Waals surface area contributed by atoms with Crippen LogP contribution in [0.1, 0.15) is 58.7 Å². The number of nitrogens with zero attached hydrogens (tertiary/aromatic N) is 6. The van der Waals surface area contributed by atoms with Crippen molar-refractivity contribution >= 4 is 56.1 Å². The van der Waals surface area contributed by atoms with Crippen molar-refractivity contribution in [1.82, 2.24) is 31.0 Å². The molecular weight excluding hydrogens is 645 g/mol. The van der Waals surface area contributed by atoms with Gasteiger partial charge in [0.1, 0.15) is 10.0 Å². The number of carbonyl (C=O) groups is 2. The molecule has 2 atom stereocenters. The van der Waals surface area contributed by atoms with Gasteiger partial charge in [0.15, 0.2) is 0 Å². The van der Waals surface area contributed by atoms with Gasteiger partial charge in [0.05, 0.1) is 12.8 Å². The summed E-state index contributed by atoms with van der Waals surface area (Å²) in [6.07, 6.45) is 4.56. The van der Waals surface area contributed by atoms with Crippen LogP contribution in [0.5, 0.6) is 0 Å². The standard InChI is InChI=1S/C34H42N10O2S2/c45-29(20-23-4-1-8-27(18-23)43-14-10-35-11-15-43)37-33-41-39-31(47-33)25-6-3-7-26(22-25)32-40-42-34(48-32)38-30(46)21-24-5-2-9-28(19-24)44-16-12-36-13-17-44/h1-2,4-5,8-9,18-19,25-26,35-36H,3,6-7,10-17,20-22H2,(H,37,41,45)(H,38,42,46). The maximum Gasteiger partial charge on any atom is 0.230 e. The molecular formula is C34H42N10O2S2. The Morgan fingerprint density at radius 1 is 0.688 bits per heavy atom. The van der Waals surface area contributed by atoms with Crippen LogP contribution < -0.4 is 31.1 Å². The van der Waals surface area contributed by atoms with E-state index in [2.05, 4.69) is 75.7 Å². The van der Waals surface area contributed by atoms with Gasteiger partial charge in [-0.05, 0) is 54.7 Å². The summed E-state index contributed by atoms with van der Waals surface area (Å²) in [6, 6.07) is 16.5. The molecule has 12 nitrogen and oxygen atoms in total. The average Bonchev–Trinajstić information content (AvgIpc) is 3.79. The third kappa shape index (κ3) is 8.35. The Kier molecular flexibility index (Phi) is 10.5. The Morgan fingerprint density at radius 3 is 1.60 bits per heavy atom. The van der Waals surface area contributed by atoms with Crippen LogP contribution in [0.15, 0.2) is 48.5 Å². The van der Waals surface area contributed by atoms with Gasteiger partial charge >= 0.3 is 0 Å². The summed E-state index contributed by atoms with van der Waals surface area (Å²) in [6.45, 7) is 7.76. The van der Waals surface area contributed by atoms with Crippen molar-refractivity contribution in [3.05, 3.63) is 69.7 Å². The molecule has 2 aromatic heterocycles. The number of hydrogen-bond acceptors (Lipinski definition) is 12. The van der Waals surface area contributed by atoms with Gasteiger partial charge in [0, 0.05) is 75.6 Å². The number of nitrogens with one attached hydrogen (secondary N) is 4. The molecule has 2 aliphatic heterocycles. The minimum absolute atomic E-state index is 0.0904. The SMILES string of the molecule is O=C(Cc1cccc(N2CCNCC2)c1)Nc1nnc(C2CCCC(c3nnc(NC(=O)Cc4cccc(N5CCNCC5)c4)s3)C2)s1. The Balaban J connectivity index is 0.903. The first kappa shape index (κ1) is 32.6. The first-order valence-corrected chi connectivity index (χ1v) is 18.5. The molecule has 1 saturated carbocycles. The predicted octanol–water partition coefficient (Wildman–Crippen LogP) is 4.01. The lowest BCUT2D eigenvalue weighted by Gasteiger charge is -2.29. The van der Waals surface area contributed by atoms with Gasteiger partial charge in [-0.3, -0.25) is 9.59 Å². The molecule has 2 amide bonds. The van der Waals surface area contributed by atoms with E-state index >= 15 is 0 Å². The number of carbonyl (C=O) groups excluding carboxylic acids is 2. The van der Waals surface area contributed by atoms with Gasteiger partial charge in [-0.25, -0.2) is 0 Å². The molecule has 2 saturated heterocycles. The van der Waals surface area contributed by atoms with Gasteiger partial charge in [-0.15, -0.1) is 20.4 Å². The van der Waals surface area contributed by atoms with Crippen LogP contribution in [0, 0.1) is 0 Å². The quantitative estimate of drug-likeness (QED) is 0.194. The number of amides is 2. The fourth-order valence-corrected chi connectivity index (χ4v) is 8.62. The molecule has 2 unspecified atom stereocenters. The van der Waals surface area contributed by atoms with E-state index in [4.69, 9.17) is 0 Å². The zero-order valence-corrected chi connectivity index (χ0v) is 28.6. The van der Waals surface area contributed by atoms with Crippen LogP contribution in [0.25, 0.3) is 0 Å². The lowest BCUT2D eigenvalue weighted by molar-refractivity contribution is -0.116. The summed E-state index contributed by atoms with van der Waals surface area (Å²) in [4.78, 5) is 30.5. The molecule has 1 aliphatic carbocycles.